The fraction of sp³-hybridized carbons (Fsp3) is 0.333. The number of alkyl halides is 5. The average Bonchev–Trinajstić information content (AvgIpc) is 2.54. The molecule has 0 fully saturated rings. The van der Waals surface area contributed by atoms with Crippen LogP contribution in [0.25, 0.3) is 11.1 Å². The highest BCUT2D eigenvalue weighted by Gasteiger charge is 2.60. The number of rotatable bonds is 5. The molecule has 0 aliphatic rings. The van der Waals surface area contributed by atoms with E-state index in [9.17, 15) is 22.0 Å². The summed E-state index contributed by atoms with van der Waals surface area (Å²) >= 11 is 0. The van der Waals surface area contributed by atoms with Crippen LogP contribution in [0, 0.1) is 0 Å². The Morgan fingerprint density at radius 2 is 1.29 bits per heavy atom. The number of benzene rings is 2. The summed E-state index contributed by atoms with van der Waals surface area (Å²) < 4.78 is 69.4. The molecular formula is C18H17F5O. The van der Waals surface area contributed by atoms with Crippen LogP contribution in [0.3, 0.4) is 0 Å². The zero-order valence-corrected chi connectivity index (χ0v) is 13.2. The normalized spacial score (nSPS) is 15.1. The van der Waals surface area contributed by atoms with Gasteiger partial charge >= 0.3 is 12.1 Å². The van der Waals surface area contributed by atoms with Crippen LogP contribution >= 0.6 is 0 Å². The molecule has 2 aromatic rings. The minimum Gasteiger partial charge on any atom is -0.374 e. The van der Waals surface area contributed by atoms with Gasteiger partial charge in [0.05, 0.1) is 12.0 Å². The first-order valence-corrected chi connectivity index (χ1v) is 7.25. The van der Waals surface area contributed by atoms with Crippen LogP contribution in [0.15, 0.2) is 54.6 Å². The van der Waals surface area contributed by atoms with Crippen LogP contribution in [0.1, 0.15) is 18.9 Å². The number of hydrogen-bond donors (Lipinski definition) is 0. The van der Waals surface area contributed by atoms with Gasteiger partial charge in [0.15, 0.2) is 0 Å². The first-order valence-electron chi connectivity index (χ1n) is 7.25. The van der Waals surface area contributed by atoms with Gasteiger partial charge in [0.2, 0.25) is 0 Å². The summed E-state index contributed by atoms with van der Waals surface area (Å²) in [7, 11) is 1.12. The quantitative estimate of drug-likeness (QED) is 0.623. The predicted octanol–water partition coefficient (Wildman–Crippen LogP) is 5.80. The lowest BCUT2D eigenvalue weighted by Crippen LogP contribution is -2.43. The van der Waals surface area contributed by atoms with E-state index in [2.05, 4.69) is 0 Å². The average molecular weight is 344 g/mol. The van der Waals surface area contributed by atoms with Gasteiger partial charge in [-0.25, -0.2) is 0 Å². The number of halogens is 5. The Bertz CT molecular complexity index is 664. The van der Waals surface area contributed by atoms with E-state index in [0.29, 0.717) is 0 Å². The van der Waals surface area contributed by atoms with Gasteiger partial charge in [-0.05, 0) is 23.6 Å². The van der Waals surface area contributed by atoms with E-state index in [1.54, 1.807) is 12.1 Å². The minimum absolute atomic E-state index is 0.258. The summed E-state index contributed by atoms with van der Waals surface area (Å²) in [5.74, 6) is -4.84. The lowest BCUT2D eigenvalue weighted by Gasteiger charge is -2.33. The molecule has 0 spiro atoms. The molecule has 130 valence electrons. The largest absolute Gasteiger partial charge is 0.453 e. The van der Waals surface area contributed by atoms with Crippen LogP contribution in [-0.2, 0) is 10.3 Å². The van der Waals surface area contributed by atoms with Gasteiger partial charge < -0.3 is 4.74 Å². The molecular weight excluding hydrogens is 327 g/mol. The van der Waals surface area contributed by atoms with E-state index in [4.69, 9.17) is 4.74 Å². The zero-order chi connectivity index (χ0) is 18.0. The van der Waals surface area contributed by atoms with Crippen LogP contribution in [-0.4, -0.2) is 19.2 Å². The van der Waals surface area contributed by atoms with Crippen molar-refractivity contribution in [1.29, 1.82) is 0 Å². The van der Waals surface area contributed by atoms with E-state index in [1.165, 1.54) is 19.1 Å². The maximum absolute atomic E-state index is 13.4. The first-order chi connectivity index (χ1) is 11.1. The molecule has 0 aliphatic carbocycles. The van der Waals surface area contributed by atoms with Gasteiger partial charge in [-0.3, -0.25) is 0 Å². The van der Waals surface area contributed by atoms with Crippen molar-refractivity contribution in [2.24, 2.45) is 0 Å². The van der Waals surface area contributed by atoms with Gasteiger partial charge in [0.1, 0.15) is 0 Å². The molecule has 1 atom stereocenters. The minimum atomic E-state index is -5.61. The summed E-state index contributed by atoms with van der Waals surface area (Å²) in [6, 6.07) is 15.7. The number of ether oxygens (including phenoxy) is 1. The van der Waals surface area contributed by atoms with Crippen LogP contribution in [0.2, 0.25) is 0 Å². The zero-order valence-electron chi connectivity index (χ0n) is 13.2. The Labute approximate surface area is 137 Å². The van der Waals surface area contributed by atoms with E-state index in [0.717, 1.165) is 18.2 Å². The molecule has 0 saturated carbocycles. The third-order valence-electron chi connectivity index (χ3n) is 4.03. The van der Waals surface area contributed by atoms with Crippen molar-refractivity contribution in [1.82, 2.24) is 0 Å². The van der Waals surface area contributed by atoms with E-state index >= 15 is 0 Å². The number of hydrogen-bond acceptors (Lipinski definition) is 1. The standard InChI is InChI=1S/C18H17F5O/c1-16(24-2,12-17(19,20)18(21,22)23)15-10-8-14(9-11-15)13-6-4-3-5-7-13/h3-11H,12H2,1-2H3. The maximum atomic E-state index is 13.4. The predicted molar refractivity (Wildman–Crippen MR) is 81.9 cm³/mol. The Kier molecular flexibility index (Phi) is 4.99. The highest BCUT2D eigenvalue weighted by molar-refractivity contribution is 5.63. The Hall–Kier alpha value is -1.95. The molecule has 6 heteroatoms. The molecule has 2 aromatic carbocycles. The van der Waals surface area contributed by atoms with E-state index in [-0.39, 0.29) is 5.56 Å². The highest BCUT2D eigenvalue weighted by Crippen LogP contribution is 2.45. The molecule has 24 heavy (non-hydrogen) atoms. The fourth-order valence-electron chi connectivity index (χ4n) is 2.46. The second-order valence-electron chi connectivity index (χ2n) is 5.76. The molecule has 0 saturated heterocycles. The maximum Gasteiger partial charge on any atom is 0.453 e. The molecule has 0 radical (unpaired) electrons. The van der Waals surface area contributed by atoms with Crippen molar-refractivity contribution in [3.05, 3.63) is 60.2 Å². The van der Waals surface area contributed by atoms with Gasteiger partial charge in [-0.1, -0.05) is 54.6 Å². The third-order valence-corrected chi connectivity index (χ3v) is 4.03. The SMILES string of the molecule is COC(C)(CC(F)(F)C(F)(F)F)c1ccc(-c2ccccc2)cc1. The second kappa shape index (κ2) is 6.51. The van der Waals surface area contributed by atoms with Crippen molar-refractivity contribution in [2.45, 2.75) is 31.0 Å². The van der Waals surface area contributed by atoms with Crippen molar-refractivity contribution in [2.75, 3.05) is 7.11 Å². The van der Waals surface area contributed by atoms with Crippen molar-refractivity contribution < 1.29 is 26.7 Å². The first kappa shape index (κ1) is 18.4. The van der Waals surface area contributed by atoms with Crippen molar-refractivity contribution in [3.63, 3.8) is 0 Å². The van der Waals surface area contributed by atoms with Gasteiger partial charge in [-0.15, -0.1) is 0 Å². The van der Waals surface area contributed by atoms with Crippen LogP contribution < -0.4 is 0 Å². The fourth-order valence-corrected chi connectivity index (χ4v) is 2.46. The number of methoxy groups -OCH3 is 1. The Morgan fingerprint density at radius 3 is 1.75 bits per heavy atom. The highest BCUT2D eigenvalue weighted by atomic mass is 19.4. The summed E-state index contributed by atoms with van der Waals surface area (Å²) in [4.78, 5) is 0. The van der Waals surface area contributed by atoms with Crippen LogP contribution in [0.5, 0.6) is 0 Å². The van der Waals surface area contributed by atoms with E-state index in [1.807, 2.05) is 30.3 Å². The van der Waals surface area contributed by atoms with Gasteiger partial charge in [0.25, 0.3) is 0 Å². The monoisotopic (exact) mass is 344 g/mol. The molecule has 0 heterocycles. The second-order valence-corrected chi connectivity index (χ2v) is 5.76. The molecule has 0 bridgehead atoms. The molecule has 2 rings (SSSR count). The molecule has 1 nitrogen and oxygen atoms in total. The summed E-state index contributed by atoms with van der Waals surface area (Å²) in [5.41, 5.74) is 0.256. The smallest absolute Gasteiger partial charge is 0.374 e. The molecule has 0 amide bonds. The molecule has 1 unspecified atom stereocenters. The van der Waals surface area contributed by atoms with Gasteiger partial charge in [0, 0.05) is 7.11 Å². The molecule has 0 aromatic heterocycles. The van der Waals surface area contributed by atoms with Gasteiger partial charge in [-0.2, -0.15) is 22.0 Å². The van der Waals surface area contributed by atoms with Crippen LogP contribution in [0.4, 0.5) is 22.0 Å². The lowest BCUT2D eigenvalue weighted by atomic mass is 9.88. The summed E-state index contributed by atoms with van der Waals surface area (Å²) in [6.45, 7) is 1.23. The summed E-state index contributed by atoms with van der Waals surface area (Å²) in [6.07, 6.45) is -7.10. The Morgan fingerprint density at radius 1 is 0.792 bits per heavy atom. The van der Waals surface area contributed by atoms with Crippen molar-refractivity contribution in [3.8, 4) is 11.1 Å². The van der Waals surface area contributed by atoms with Crippen molar-refractivity contribution >= 4 is 0 Å². The Balaban J connectivity index is 2.30. The lowest BCUT2D eigenvalue weighted by molar-refractivity contribution is -0.298. The topological polar surface area (TPSA) is 9.23 Å². The summed E-state index contributed by atoms with van der Waals surface area (Å²) in [5, 5.41) is 0. The molecule has 0 aliphatic heterocycles. The third kappa shape index (κ3) is 3.75. The molecule has 0 N–H and O–H groups in total. The van der Waals surface area contributed by atoms with E-state index < -0.39 is 24.1 Å².